The smallest absolute Gasteiger partial charge is 0.223 e. The molecule has 0 bridgehead atoms. The van der Waals surface area contributed by atoms with E-state index in [1.807, 2.05) is 0 Å². The number of carbonyl (C=O) groups is 1. The van der Waals surface area contributed by atoms with Crippen LogP contribution in [0.5, 0.6) is 0 Å². The zero-order valence-electron chi connectivity index (χ0n) is 11.5. The van der Waals surface area contributed by atoms with Gasteiger partial charge in [-0.25, -0.2) is 8.42 Å². The number of hydrogen-bond acceptors (Lipinski definition) is 4. The maximum atomic E-state index is 12.0. The van der Waals surface area contributed by atoms with Crippen LogP contribution in [-0.2, 0) is 14.8 Å². The van der Waals surface area contributed by atoms with Crippen LogP contribution >= 0.6 is 0 Å². The van der Waals surface area contributed by atoms with E-state index < -0.39 is 10.0 Å². The molecule has 7 heteroatoms. The second-order valence-electron chi connectivity index (χ2n) is 5.34. The van der Waals surface area contributed by atoms with E-state index in [9.17, 15) is 13.2 Å². The minimum Gasteiger partial charge on any atom is -0.340 e. The van der Waals surface area contributed by atoms with E-state index in [0.717, 1.165) is 19.6 Å². The van der Waals surface area contributed by atoms with Crippen LogP contribution in [0.25, 0.3) is 0 Å². The second kappa shape index (κ2) is 6.19. The van der Waals surface area contributed by atoms with E-state index in [0.29, 0.717) is 32.6 Å². The molecule has 6 nitrogen and oxygen atoms in total. The van der Waals surface area contributed by atoms with Gasteiger partial charge in [0, 0.05) is 39.1 Å². The topological polar surface area (TPSA) is 60.9 Å². The molecule has 1 amide bonds. The Bertz CT molecular complexity index is 410. The van der Waals surface area contributed by atoms with Gasteiger partial charge in [0.1, 0.15) is 0 Å². The zero-order chi connectivity index (χ0) is 13.9. The van der Waals surface area contributed by atoms with Gasteiger partial charge in [-0.3, -0.25) is 4.79 Å². The molecule has 0 aromatic heterocycles. The summed E-state index contributed by atoms with van der Waals surface area (Å²) in [6, 6.07) is 0. The molecule has 0 unspecified atom stereocenters. The molecule has 2 aliphatic heterocycles. The van der Waals surface area contributed by atoms with Gasteiger partial charge >= 0.3 is 0 Å². The van der Waals surface area contributed by atoms with E-state index in [-0.39, 0.29) is 5.91 Å². The second-order valence-corrected chi connectivity index (χ2v) is 7.32. The molecule has 0 spiro atoms. The number of sulfonamides is 1. The first-order valence-corrected chi connectivity index (χ1v) is 8.77. The summed E-state index contributed by atoms with van der Waals surface area (Å²) in [4.78, 5) is 16.2. The molecule has 0 atom stereocenters. The van der Waals surface area contributed by atoms with Crippen LogP contribution < -0.4 is 0 Å². The van der Waals surface area contributed by atoms with Gasteiger partial charge in [-0.1, -0.05) is 0 Å². The summed E-state index contributed by atoms with van der Waals surface area (Å²) >= 11 is 0. The van der Waals surface area contributed by atoms with Gasteiger partial charge < -0.3 is 9.80 Å². The lowest BCUT2D eigenvalue weighted by Gasteiger charge is -2.33. The average molecular weight is 289 g/mol. The molecule has 2 aliphatic rings. The molecule has 2 rings (SSSR count). The molecule has 0 N–H and O–H groups in total. The van der Waals surface area contributed by atoms with Gasteiger partial charge in [-0.2, -0.15) is 4.31 Å². The monoisotopic (exact) mass is 289 g/mol. The summed E-state index contributed by atoms with van der Waals surface area (Å²) in [6.45, 7) is 4.94. The minimum atomic E-state index is -3.11. The van der Waals surface area contributed by atoms with E-state index in [1.165, 1.54) is 23.4 Å². The predicted molar refractivity (Wildman–Crippen MR) is 73.3 cm³/mol. The Hall–Kier alpha value is -0.660. The first kappa shape index (κ1) is 14.7. The van der Waals surface area contributed by atoms with Crippen molar-refractivity contribution in [2.75, 3.05) is 52.1 Å². The summed E-state index contributed by atoms with van der Waals surface area (Å²) in [5.74, 6) is 0.153. The van der Waals surface area contributed by atoms with Gasteiger partial charge in [0.25, 0.3) is 0 Å². The van der Waals surface area contributed by atoms with Crippen molar-refractivity contribution in [3.8, 4) is 0 Å². The molecule has 2 heterocycles. The number of likely N-dealkylation sites (tertiary alicyclic amines) is 1. The van der Waals surface area contributed by atoms with Crippen molar-refractivity contribution in [1.82, 2.24) is 14.1 Å². The van der Waals surface area contributed by atoms with Crippen LogP contribution in [0.15, 0.2) is 0 Å². The highest BCUT2D eigenvalue weighted by Crippen LogP contribution is 2.10. The van der Waals surface area contributed by atoms with Crippen molar-refractivity contribution >= 4 is 15.9 Å². The van der Waals surface area contributed by atoms with Crippen LogP contribution in [0.4, 0.5) is 0 Å². The Morgan fingerprint density at radius 1 is 1.00 bits per heavy atom. The van der Waals surface area contributed by atoms with Crippen LogP contribution in [0.2, 0.25) is 0 Å². The summed E-state index contributed by atoms with van der Waals surface area (Å²) in [6.07, 6.45) is 4.25. The number of amides is 1. The third kappa shape index (κ3) is 4.15. The van der Waals surface area contributed by atoms with Gasteiger partial charge in [0.2, 0.25) is 15.9 Å². The lowest BCUT2D eigenvalue weighted by atomic mass is 10.3. The fourth-order valence-corrected chi connectivity index (χ4v) is 3.51. The molecular weight excluding hydrogens is 266 g/mol. The normalized spacial score (nSPS) is 22.9. The van der Waals surface area contributed by atoms with Crippen molar-refractivity contribution < 1.29 is 13.2 Å². The van der Waals surface area contributed by atoms with Crippen molar-refractivity contribution in [1.29, 1.82) is 0 Å². The Morgan fingerprint density at radius 2 is 1.58 bits per heavy atom. The Kier molecular flexibility index (Phi) is 4.81. The van der Waals surface area contributed by atoms with Crippen LogP contribution in [0.1, 0.15) is 19.3 Å². The lowest BCUT2D eigenvalue weighted by Crippen LogP contribution is -2.50. The Morgan fingerprint density at radius 3 is 2.11 bits per heavy atom. The first-order chi connectivity index (χ1) is 8.97. The highest BCUT2D eigenvalue weighted by Gasteiger charge is 2.26. The van der Waals surface area contributed by atoms with Crippen molar-refractivity contribution in [3.63, 3.8) is 0 Å². The molecule has 0 aromatic carbocycles. The Balaban J connectivity index is 1.73. The third-order valence-electron chi connectivity index (χ3n) is 3.90. The first-order valence-electron chi connectivity index (χ1n) is 6.92. The van der Waals surface area contributed by atoms with E-state index in [1.54, 1.807) is 4.90 Å². The van der Waals surface area contributed by atoms with Gasteiger partial charge in [0.05, 0.1) is 6.26 Å². The predicted octanol–water partition coefficient (Wildman–Crippen LogP) is -0.424. The number of carbonyl (C=O) groups excluding carboxylic acids is 1. The molecule has 0 radical (unpaired) electrons. The SMILES string of the molecule is CS(=O)(=O)N1CCN(C(=O)CCN2CCCC2)CC1. The number of hydrogen-bond donors (Lipinski definition) is 0. The molecule has 2 saturated heterocycles. The van der Waals surface area contributed by atoms with Crippen LogP contribution in [-0.4, -0.2) is 80.5 Å². The van der Waals surface area contributed by atoms with Gasteiger partial charge in [-0.15, -0.1) is 0 Å². The number of rotatable bonds is 4. The van der Waals surface area contributed by atoms with Gasteiger partial charge in [-0.05, 0) is 25.9 Å². The summed E-state index contributed by atoms with van der Waals surface area (Å²) in [5.41, 5.74) is 0. The molecule has 0 aromatic rings. The number of piperazine rings is 1. The molecule has 2 fully saturated rings. The minimum absolute atomic E-state index is 0.153. The molecule has 0 aliphatic carbocycles. The third-order valence-corrected chi connectivity index (χ3v) is 5.20. The maximum absolute atomic E-state index is 12.0. The molecular formula is C12H23N3O3S. The summed E-state index contributed by atoms with van der Waals surface area (Å²) in [5, 5.41) is 0. The fourth-order valence-electron chi connectivity index (χ4n) is 2.69. The fraction of sp³-hybridized carbons (Fsp3) is 0.917. The molecule has 0 saturated carbocycles. The van der Waals surface area contributed by atoms with E-state index in [4.69, 9.17) is 0 Å². The van der Waals surface area contributed by atoms with Crippen molar-refractivity contribution in [2.45, 2.75) is 19.3 Å². The van der Waals surface area contributed by atoms with Crippen LogP contribution in [0, 0.1) is 0 Å². The summed E-state index contributed by atoms with van der Waals surface area (Å²) in [7, 11) is -3.11. The largest absolute Gasteiger partial charge is 0.340 e. The van der Waals surface area contributed by atoms with Gasteiger partial charge in [0.15, 0.2) is 0 Å². The number of nitrogens with zero attached hydrogens (tertiary/aromatic N) is 3. The van der Waals surface area contributed by atoms with Crippen molar-refractivity contribution in [3.05, 3.63) is 0 Å². The van der Waals surface area contributed by atoms with Crippen molar-refractivity contribution in [2.24, 2.45) is 0 Å². The molecule has 110 valence electrons. The highest BCUT2D eigenvalue weighted by atomic mass is 32.2. The summed E-state index contributed by atoms with van der Waals surface area (Å²) < 4.78 is 24.2. The highest BCUT2D eigenvalue weighted by molar-refractivity contribution is 7.88. The zero-order valence-corrected chi connectivity index (χ0v) is 12.4. The quantitative estimate of drug-likeness (QED) is 0.705. The average Bonchev–Trinajstić information content (AvgIpc) is 2.88. The lowest BCUT2D eigenvalue weighted by molar-refractivity contribution is -0.132. The Labute approximate surface area is 115 Å². The van der Waals surface area contributed by atoms with Crippen LogP contribution in [0.3, 0.4) is 0 Å². The van der Waals surface area contributed by atoms with E-state index >= 15 is 0 Å². The maximum Gasteiger partial charge on any atom is 0.223 e. The standard InChI is InChI=1S/C12H23N3O3S/c1-19(17,18)15-10-8-14(9-11-15)12(16)4-7-13-5-2-3-6-13/h2-11H2,1H3. The van der Waals surface area contributed by atoms with E-state index in [2.05, 4.69) is 4.90 Å². The molecule has 19 heavy (non-hydrogen) atoms.